The second-order valence-electron chi connectivity index (χ2n) is 4.67. The Morgan fingerprint density at radius 1 is 0.833 bits per heavy atom. The normalized spacial score (nSPS) is 12.2. The van der Waals surface area contributed by atoms with Crippen molar-refractivity contribution in [1.29, 1.82) is 0 Å². The molecule has 0 aliphatic carbocycles. The summed E-state index contributed by atoms with van der Waals surface area (Å²) in [5.41, 5.74) is 0. The van der Waals surface area contributed by atoms with Crippen LogP contribution in [-0.2, 0) is 28.6 Å². The highest BCUT2D eigenvalue weighted by Gasteiger charge is 2.30. The van der Waals surface area contributed by atoms with Crippen molar-refractivity contribution in [3.8, 4) is 0 Å². The quantitative estimate of drug-likeness (QED) is 0.526. The molecule has 0 radical (unpaired) electrons. The molecule has 0 aliphatic heterocycles. The number of hydrogen-bond donors (Lipinski definition) is 0. The molecule has 0 aliphatic rings. The molecule has 0 bridgehead atoms. The van der Waals surface area contributed by atoms with Gasteiger partial charge in [-0.05, 0) is 11.5 Å². The van der Waals surface area contributed by atoms with Crippen molar-refractivity contribution in [3.63, 3.8) is 0 Å². The van der Waals surface area contributed by atoms with Crippen molar-refractivity contribution in [2.24, 2.45) is 0 Å². The van der Waals surface area contributed by atoms with E-state index in [0.717, 1.165) is 0 Å². The van der Waals surface area contributed by atoms with Gasteiger partial charge in [-0.1, -0.05) is 42.5 Å². The first-order chi connectivity index (χ1) is 11.3. The minimum atomic E-state index is -4.34. The fourth-order valence-corrected chi connectivity index (χ4v) is 4.82. The predicted octanol–water partition coefficient (Wildman–Crippen LogP) is 2.62. The zero-order valence-electron chi connectivity index (χ0n) is 12.7. The third kappa shape index (κ3) is 3.73. The highest BCUT2D eigenvalue weighted by Crippen LogP contribution is 2.32. The Morgan fingerprint density at radius 2 is 1.42 bits per heavy atom. The molecule has 0 amide bonds. The third-order valence-corrected chi connectivity index (χ3v) is 5.89. The number of rotatable bonds is 8. The van der Waals surface area contributed by atoms with Crippen molar-refractivity contribution in [3.05, 3.63) is 61.7 Å². The maximum absolute atomic E-state index is 12.5. The van der Waals surface area contributed by atoms with Gasteiger partial charge in [-0.3, -0.25) is 8.37 Å². The SMILES string of the molecule is C=CCOS(=O)(=O)c1ccc2ccccc2c1S(=O)(=O)OCC=C. The molecule has 8 heteroatoms. The van der Waals surface area contributed by atoms with E-state index in [4.69, 9.17) is 8.37 Å². The molecule has 0 unspecified atom stereocenters. The van der Waals surface area contributed by atoms with Gasteiger partial charge in [0.1, 0.15) is 9.79 Å². The Bertz CT molecular complexity index is 975. The van der Waals surface area contributed by atoms with Gasteiger partial charge in [0, 0.05) is 5.39 Å². The summed E-state index contributed by atoms with van der Waals surface area (Å²) in [4.78, 5) is -0.932. The number of benzene rings is 2. The molecular weight excluding hydrogens is 352 g/mol. The molecule has 2 aromatic rings. The lowest BCUT2D eigenvalue weighted by atomic mass is 10.1. The van der Waals surface area contributed by atoms with Crippen LogP contribution in [0.15, 0.2) is 71.5 Å². The van der Waals surface area contributed by atoms with Gasteiger partial charge in [0.25, 0.3) is 20.2 Å². The van der Waals surface area contributed by atoms with E-state index in [1.807, 2.05) is 0 Å². The molecule has 0 aromatic heterocycles. The van der Waals surface area contributed by atoms with Gasteiger partial charge in [0.15, 0.2) is 0 Å². The third-order valence-electron chi connectivity index (χ3n) is 3.04. The minimum absolute atomic E-state index is 0.227. The lowest BCUT2D eigenvalue weighted by molar-refractivity contribution is 0.348. The molecular formula is C16H16O6S2. The number of hydrogen-bond acceptors (Lipinski definition) is 6. The van der Waals surface area contributed by atoms with Crippen LogP contribution in [0.25, 0.3) is 10.8 Å². The standard InChI is InChI=1S/C16H16O6S2/c1-3-11-21-23(17,18)15-10-9-13-7-5-6-8-14(13)16(15)24(19,20)22-12-4-2/h3-10H,1-2,11-12H2. The van der Waals surface area contributed by atoms with Crippen LogP contribution < -0.4 is 0 Å². The molecule has 24 heavy (non-hydrogen) atoms. The van der Waals surface area contributed by atoms with Crippen LogP contribution in [0.2, 0.25) is 0 Å². The van der Waals surface area contributed by atoms with Crippen molar-refractivity contribution in [1.82, 2.24) is 0 Å². The Hall–Kier alpha value is -2.00. The Labute approximate surface area is 141 Å². The van der Waals surface area contributed by atoms with Crippen molar-refractivity contribution in [2.75, 3.05) is 13.2 Å². The summed E-state index contributed by atoms with van der Waals surface area (Å²) in [7, 11) is -8.65. The lowest BCUT2D eigenvalue weighted by Gasteiger charge is -2.13. The summed E-state index contributed by atoms with van der Waals surface area (Å²) in [5, 5.41) is 0.783. The molecule has 0 atom stereocenters. The van der Waals surface area contributed by atoms with Crippen LogP contribution in [0.4, 0.5) is 0 Å². The molecule has 0 saturated carbocycles. The maximum atomic E-state index is 12.5. The highest BCUT2D eigenvalue weighted by molar-refractivity contribution is 7.90. The molecule has 0 heterocycles. The summed E-state index contributed by atoms with van der Waals surface area (Å²) in [5.74, 6) is 0. The van der Waals surface area contributed by atoms with Crippen LogP contribution in [0.3, 0.4) is 0 Å². The monoisotopic (exact) mass is 368 g/mol. The van der Waals surface area contributed by atoms with E-state index in [0.29, 0.717) is 5.39 Å². The fraction of sp³-hybridized carbons (Fsp3) is 0.125. The van der Waals surface area contributed by atoms with Crippen molar-refractivity contribution < 1.29 is 25.2 Å². The highest BCUT2D eigenvalue weighted by atomic mass is 32.2. The van der Waals surface area contributed by atoms with Crippen LogP contribution in [-0.4, -0.2) is 30.0 Å². The number of fused-ring (bicyclic) bond motifs is 1. The van der Waals surface area contributed by atoms with Gasteiger partial charge < -0.3 is 0 Å². The second-order valence-corrected chi connectivity index (χ2v) is 7.80. The summed E-state index contributed by atoms with van der Waals surface area (Å²) in [6.45, 7) is 6.21. The smallest absolute Gasteiger partial charge is 0.262 e. The topological polar surface area (TPSA) is 86.7 Å². The molecule has 0 saturated heterocycles. The molecule has 2 rings (SSSR count). The molecule has 128 valence electrons. The van der Waals surface area contributed by atoms with E-state index >= 15 is 0 Å². The van der Waals surface area contributed by atoms with Crippen LogP contribution >= 0.6 is 0 Å². The predicted molar refractivity (Wildman–Crippen MR) is 90.6 cm³/mol. The van der Waals surface area contributed by atoms with E-state index in [9.17, 15) is 16.8 Å². The van der Waals surface area contributed by atoms with E-state index in [1.165, 1.54) is 30.4 Å². The van der Waals surface area contributed by atoms with Gasteiger partial charge in [0.05, 0.1) is 13.2 Å². The van der Waals surface area contributed by atoms with Gasteiger partial charge in [-0.15, -0.1) is 13.2 Å². The summed E-state index contributed by atoms with van der Waals surface area (Å²) in [6.07, 6.45) is 2.51. The molecule has 0 spiro atoms. The summed E-state index contributed by atoms with van der Waals surface area (Å²) >= 11 is 0. The minimum Gasteiger partial charge on any atom is -0.262 e. The molecule has 0 N–H and O–H groups in total. The first-order valence-electron chi connectivity index (χ1n) is 6.86. The van der Waals surface area contributed by atoms with E-state index in [-0.39, 0.29) is 18.6 Å². The van der Waals surface area contributed by atoms with Crippen LogP contribution in [0.1, 0.15) is 0 Å². The Balaban J connectivity index is 2.79. The van der Waals surface area contributed by atoms with Crippen LogP contribution in [0.5, 0.6) is 0 Å². The summed E-state index contributed by atoms with van der Waals surface area (Å²) in [6, 6.07) is 9.19. The average Bonchev–Trinajstić information content (AvgIpc) is 2.57. The van der Waals surface area contributed by atoms with Gasteiger partial charge >= 0.3 is 0 Å². The van der Waals surface area contributed by atoms with Crippen LogP contribution in [0, 0.1) is 0 Å². The largest absolute Gasteiger partial charge is 0.299 e. The van der Waals surface area contributed by atoms with E-state index in [1.54, 1.807) is 18.2 Å². The first kappa shape index (κ1) is 18.3. The van der Waals surface area contributed by atoms with Gasteiger partial charge in [-0.25, -0.2) is 0 Å². The zero-order valence-corrected chi connectivity index (χ0v) is 14.3. The van der Waals surface area contributed by atoms with Crippen molar-refractivity contribution in [2.45, 2.75) is 9.79 Å². The first-order valence-corrected chi connectivity index (χ1v) is 9.67. The maximum Gasteiger partial charge on any atom is 0.299 e. The molecule has 6 nitrogen and oxygen atoms in total. The Kier molecular flexibility index (Phi) is 5.55. The van der Waals surface area contributed by atoms with E-state index < -0.39 is 30.0 Å². The molecule has 2 aromatic carbocycles. The average molecular weight is 368 g/mol. The second kappa shape index (κ2) is 7.27. The summed E-state index contributed by atoms with van der Waals surface area (Å²) < 4.78 is 59.4. The molecule has 0 fully saturated rings. The van der Waals surface area contributed by atoms with Gasteiger partial charge in [-0.2, -0.15) is 16.8 Å². The Morgan fingerprint density at radius 3 is 2.04 bits per heavy atom. The van der Waals surface area contributed by atoms with Crippen molar-refractivity contribution >= 4 is 31.0 Å². The van der Waals surface area contributed by atoms with Gasteiger partial charge in [0.2, 0.25) is 0 Å². The zero-order chi connectivity index (χ0) is 17.8. The lowest BCUT2D eigenvalue weighted by Crippen LogP contribution is -2.15. The van der Waals surface area contributed by atoms with E-state index in [2.05, 4.69) is 13.2 Å². The fourth-order valence-electron chi connectivity index (χ4n) is 2.08.